The van der Waals surface area contributed by atoms with Crippen LogP contribution in [0.1, 0.15) is 11.4 Å². The van der Waals surface area contributed by atoms with Gasteiger partial charge < -0.3 is 10.0 Å². The Balaban J connectivity index is 1.67. The summed E-state index contributed by atoms with van der Waals surface area (Å²) in [5.41, 5.74) is 1.62. The Morgan fingerprint density at radius 2 is 2.09 bits per heavy atom. The van der Waals surface area contributed by atoms with Crippen LogP contribution in [0.15, 0.2) is 24.3 Å². The predicted octanol–water partition coefficient (Wildman–Crippen LogP) is 0.0544. The van der Waals surface area contributed by atoms with Crippen molar-refractivity contribution in [1.82, 2.24) is 25.1 Å². The van der Waals surface area contributed by atoms with E-state index in [1.165, 1.54) is 4.90 Å². The Bertz CT molecular complexity index is 662. The van der Waals surface area contributed by atoms with Crippen LogP contribution in [-0.2, 0) is 11.2 Å². The number of hydrogen-bond acceptors (Lipinski definition) is 5. The van der Waals surface area contributed by atoms with E-state index in [4.69, 9.17) is 0 Å². The lowest BCUT2D eigenvalue weighted by atomic mass is 10.1. The lowest BCUT2D eigenvalue weighted by Crippen LogP contribution is -2.31. The molecule has 0 radical (unpaired) electrons. The molecule has 0 spiro atoms. The maximum Gasteiger partial charge on any atom is 0.227 e. The Labute approximate surface area is 126 Å². The van der Waals surface area contributed by atoms with E-state index < -0.39 is 12.3 Å². The number of aryl methyl sites for hydroxylation is 1. The van der Waals surface area contributed by atoms with E-state index in [0.717, 1.165) is 11.3 Å². The first kappa shape index (κ1) is 14.6. The summed E-state index contributed by atoms with van der Waals surface area (Å²) in [5, 5.41) is 20.6. The molecule has 1 fully saturated rings. The van der Waals surface area contributed by atoms with Gasteiger partial charge in [0.05, 0.1) is 18.7 Å². The second-order valence-electron chi connectivity index (χ2n) is 5.36. The number of carbonyl (C=O) groups is 1. The number of benzene rings is 1. The fourth-order valence-electron chi connectivity index (χ4n) is 2.46. The molecule has 2 atom stereocenters. The van der Waals surface area contributed by atoms with Crippen molar-refractivity contribution in [2.45, 2.75) is 25.6 Å². The molecule has 0 aliphatic carbocycles. The number of hydrogen-bond donors (Lipinski definition) is 1. The number of β-amino-alcohol motifs (C(OH)–C–C–N with tert-alkyl or cyclic N) is 1. The van der Waals surface area contributed by atoms with Crippen LogP contribution in [-0.4, -0.2) is 61.5 Å². The van der Waals surface area contributed by atoms with Gasteiger partial charge in [0, 0.05) is 6.54 Å². The van der Waals surface area contributed by atoms with Gasteiger partial charge in [-0.3, -0.25) is 4.79 Å². The smallest absolute Gasteiger partial charge is 0.227 e. The third kappa shape index (κ3) is 2.82. The van der Waals surface area contributed by atoms with Crippen molar-refractivity contribution in [2.24, 2.45) is 0 Å². The highest BCUT2D eigenvalue weighted by atomic mass is 19.1. The summed E-state index contributed by atoms with van der Waals surface area (Å²) in [7, 11) is 0. The Morgan fingerprint density at radius 1 is 1.36 bits per heavy atom. The summed E-state index contributed by atoms with van der Waals surface area (Å²) >= 11 is 0. The maximum absolute atomic E-state index is 13.2. The molecule has 2 aromatic rings. The first-order valence-corrected chi connectivity index (χ1v) is 6.99. The predicted molar refractivity (Wildman–Crippen MR) is 75.1 cm³/mol. The number of alkyl halides is 1. The summed E-state index contributed by atoms with van der Waals surface area (Å²) in [6.45, 7) is 1.81. The first-order chi connectivity index (χ1) is 10.5. The normalized spacial score (nSPS) is 21.3. The number of likely N-dealkylation sites (tertiary alicyclic amines) is 1. The molecule has 2 heterocycles. The molecule has 3 rings (SSSR count). The third-order valence-corrected chi connectivity index (χ3v) is 3.73. The van der Waals surface area contributed by atoms with Crippen LogP contribution in [0.4, 0.5) is 4.39 Å². The molecular weight excluding hydrogens is 289 g/mol. The molecule has 0 saturated carbocycles. The quantitative estimate of drug-likeness (QED) is 0.866. The van der Waals surface area contributed by atoms with Crippen LogP contribution < -0.4 is 0 Å². The van der Waals surface area contributed by atoms with E-state index in [9.17, 15) is 14.3 Å². The van der Waals surface area contributed by atoms with Gasteiger partial charge in [0.2, 0.25) is 5.91 Å². The van der Waals surface area contributed by atoms with E-state index in [0.29, 0.717) is 5.82 Å². The molecule has 7 nitrogen and oxygen atoms in total. The number of aliphatic hydroxyl groups excluding tert-OH is 1. The van der Waals surface area contributed by atoms with E-state index in [-0.39, 0.29) is 25.4 Å². The summed E-state index contributed by atoms with van der Waals surface area (Å²) < 4.78 is 14.8. The Hall–Kier alpha value is -2.35. The molecule has 1 aliphatic heterocycles. The summed E-state index contributed by atoms with van der Waals surface area (Å²) in [4.78, 5) is 13.4. The topological polar surface area (TPSA) is 84.1 Å². The second kappa shape index (κ2) is 5.80. The molecule has 1 amide bonds. The summed E-state index contributed by atoms with van der Waals surface area (Å²) in [6.07, 6.45) is -2.25. The molecule has 8 heteroatoms. The van der Waals surface area contributed by atoms with Gasteiger partial charge in [-0.2, -0.15) is 4.68 Å². The van der Waals surface area contributed by atoms with Gasteiger partial charge in [-0.05, 0) is 35.0 Å². The van der Waals surface area contributed by atoms with Crippen molar-refractivity contribution in [3.63, 3.8) is 0 Å². The molecule has 1 N–H and O–H groups in total. The average Bonchev–Trinajstić information content (AvgIpc) is 3.07. The van der Waals surface area contributed by atoms with Crippen LogP contribution in [0.25, 0.3) is 5.69 Å². The summed E-state index contributed by atoms with van der Waals surface area (Å²) in [5.74, 6) is 0.481. The lowest BCUT2D eigenvalue weighted by Gasteiger charge is -2.15. The molecule has 1 aliphatic rings. The zero-order chi connectivity index (χ0) is 15.7. The highest BCUT2D eigenvalue weighted by Gasteiger charge is 2.33. The maximum atomic E-state index is 13.2. The molecule has 0 bridgehead atoms. The van der Waals surface area contributed by atoms with Crippen molar-refractivity contribution in [3.8, 4) is 5.69 Å². The minimum absolute atomic E-state index is 0.0398. The standard InChI is InChI=1S/C14H16FN5O2/c1-9-16-17-18-20(9)11-4-2-10(3-5-11)6-14(22)19-7-12(15)13(21)8-19/h2-5,12-13,21H,6-8H2,1H3/t12-,13-/m1/s1. The van der Waals surface area contributed by atoms with Crippen LogP contribution >= 0.6 is 0 Å². The number of halogens is 1. The number of aliphatic hydroxyl groups is 1. The highest BCUT2D eigenvalue weighted by molar-refractivity contribution is 5.79. The molecule has 1 aromatic carbocycles. The largest absolute Gasteiger partial charge is 0.388 e. The molecule has 22 heavy (non-hydrogen) atoms. The van der Waals surface area contributed by atoms with Crippen LogP contribution in [0.5, 0.6) is 0 Å². The second-order valence-corrected chi connectivity index (χ2v) is 5.36. The molecule has 116 valence electrons. The fourth-order valence-corrected chi connectivity index (χ4v) is 2.46. The SMILES string of the molecule is Cc1nnnn1-c1ccc(CC(=O)N2C[C@@H](O)[C@H](F)C2)cc1. The minimum Gasteiger partial charge on any atom is -0.388 e. The third-order valence-electron chi connectivity index (χ3n) is 3.73. The number of carbonyl (C=O) groups excluding carboxylic acids is 1. The van der Waals surface area contributed by atoms with E-state index in [2.05, 4.69) is 15.5 Å². The Morgan fingerprint density at radius 3 is 2.64 bits per heavy atom. The van der Waals surface area contributed by atoms with Crippen molar-refractivity contribution in [2.75, 3.05) is 13.1 Å². The number of rotatable bonds is 3. The van der Waals surface area contributed by atoms with Gasteiger partial charge in [-0.25, -0.2) is 4.39 Å². The van der Waals surface area contributed by atoms with Crippen LogP contribution in [0.3, 0.4) is 0 Å². The van der Waals surface area contributed by atoms with E-state index in [1.54, 1.807) is 11.6 Å². The van der Waals surface area contributed by atoms with Crippen molar-refractivity contribution >= 4 is 5.91 Å². The molecule has 0 unspecified atom stereocenters. The van der Waals surface area contributed by atoms with Gasteiger partial charge in [0.25, 0.3) is 0 Å². The number of tetrazole rings is 1. The molecule has 1 aromatic heterocycles. The van der Waals surface area contributed by atoms with Gasteiger partial charge in [-0.1, -0.05) is 12.1 Å². The van der Waals surface area contributed by atoms with Crippen LogP contribution in [0.2, 0.25) is 0 Å². The monoisotopic (exact) mass is 305 g/mol. The van der Waals surface area contributed by atoms with Gasteiger partial charge >= 0.3 is 0 Å². The zero-order valence-electron chi connectivity index (χ0n) is 12.1. The first-order valence-electron chi connectivity index (χ1n) is 6.99. The molecule has 1 saturated heterocycles. The van der Waals surface area contributed by atoms with Gasteiger partial charge in [0.1, 0.15) is 12.3 Å². The highest BCUT2D eigenvalue weighted by Crippen LogP contribution is 2.16. The van der Waals surface area contributed by atoms with Crippen LogP contribution in [0, 0.1) is 6.92 Å². The van der Waals surface area contributed by atoms with Gasteiger partial charge in [-0.15, -0.1) is 5.10 Å². The van der Waals surface area contributed by atoms with Crippen molar-refractivity contribution in [1.29, 1.82) is 0 Å². The Kier molecular flexibility index (Phi) is 3.84. The van der Waals surface area contributed by atoms with Gasteiger partial charge in [0.15, 0.2) is 5.82 Å². The van der Waals surface area contributed by atoms with E-state index >= 15 is 0 Å². The summed E-state index contributed by atoms with van der Waals surface area (Å²) in [6, 6.07) is 7.27. The zero-order valence-corrected chi connectivity index (χ0v) is 12.1. The lowest BCUT2D eigenvalue weighted by molar-refractivity contribution is -0.129. The number of nitrogens with zero attached hydrogens (tertiary/aromatic N) is 5. The van der Waals surface area contributed by atoms with Crippen molar-refractivity contribution in [3.05, 3.63) is 35.7 Å². The van der Waals surface area contributed by atoms with Crippen molar-refractivity contribution < 1.29 is 14.3 Å². The number of aromatic nitrogens is 4. The van der Waals surface area contributed by atoms with E-state index in [1.807, 2.05) is 24.3 Å². The average molecular weight is 305 g/mol. The number of amides is 1. The molecular formula is C14H16FN5O2. The minimum atomic E-state index is -1.35. The fraction of sp³-hybridized carbons (Fsp3) is 0.429.